The molecule has 1 aromatic heterocycles. The highest BCUT2D eigenvalue weighted by atomic mass is 127. The van der Waals surface area contributed by atoms with Crippen molar-refractivity contribution in [2.24, 2.45) is 12.0 Å². The molecular weight excluding hydrogens is 459 g/mol. The van der Waals surface area contributed by atoms with E-state index >= 15 is 0 Å². The molecule has 0 amide bonds. The van der Waals surface area contributed by atoms with Crippen LogP contribution in [0.4, 0.5) is 0 Å². The Morgan fingerprint density at radius 1 is 1.31 bits per heavy atom. The van der Waals surface area contributed by atoms with Gasteiger partial charge in [-0.1, -0.05) is 30.3 Å². The SMILES string of the molecule is Cc1nnc(CNC(=NCc2ccccc2)NC2CCCSC2)n1C.I. The second kappa shape index (κ2) is 10.8. The molecule has 1 aliphatic heterocycles. The van der Waals surface area contributed by atoms with E-state index in [-0.39, 0.29) is 24.0 Å². The molecule has 2 aromatic rings. The summed E-state index contributed by atoms with van der Waals surface area (Å²) in [5, 5.41) is 15.3. The van der Waals surface area contributed by atoms with Crippen molar-refractivity contribution in [1.82, 2.24) is 25.4 Å². The quantitative estimate of drug-likeness (QED) is 0.387. The maximum Gasteiger partial charge on any atom is 0.192 e. The summed E-state index contributed by atoms with van der Waals surface area (Å²) < 4.78 is 2.00. The van der Waals surface area contributed by atoms with E-state index in [1.165, 1.54) is 24.2 Å². The lowest BCUT2D eigenvalue weighted by molar-refractivity contribution is 0.578. The zero-order valence-electron chi connectivity index (χ0n) is 15.3. The number of hydrogen-bond acceptors (Lipinski definition) is 4. The summed E-state index contributed by atoms with van der Waals surface area (Å²) in [4.78, 5) is 4.77. The number of rotatable bonds is 5. The Balaban J connectivity index is 0.00000243. The molecule has 1 atom stereocenters. The molecule has 1 aromatic carbocycles. The van der Waals surface area contributed by atoms with Crippen LogP contribution in [0.1, 0.15) is 30.1 Å². The maximum absolute atomic E-state index is 4.77. The van der Waals surface area contributed by atoms with Gasteiger partial charge in [0.15, 0.2) is 11.8 Å². The molecule has 1 saturated heterocycles. The number of nitrogens with zero attached hydrogens (tertiary/aromatic N) is 4. The number of guanidine groups is 1. The minimum absolute atomic E-state index is 0. The van der Waals surface area contributed by atoms with Crippen LogP contribution in [0.15, 0.2) is 35.3 Å². The van der Waals surface area contributed by atoms with Gasteiger partial charge in [0.25, 0.3) is 0 Å². The molecule has 1 fully saturated rings. The Morgan fingerprint density at radius 3 is 2.77 bits per heavy atom. The van der Waals surface area contributed by atoms with Gasteiger partial charge in [-0.15, -0.1) is 34.2 Å². The van der Waals surface area contributed by atoms with Crippen LogP contribution >= 0.6 is 35.7 Å². The molecule has 3 rings (SSSR count). The van der Waals surface area contributed by atoms with Crippen molar-refractivity contribution in [3.05, 3.63) is 47.5 Å². The molecule has 2 N–H and O–H groups in total. The smallest absolute Gasteiger partial charge is 0.192 e. The minimum atomic E-state index is 0. The number of halogens is 1. The van der Waals surface area contributed by atoms with Gasteiger partial charge in [-0.2, -0.15) is 11.8 Å². The summed E-state index contributed by atoms with van der Waals surface area (Å²) in [6.45, 7) is 3.23. The zero-order valence-corrected chi connectivity index (χ0v) is 18.5. The van der Waals surface area contributed by atoms with Gasteiger partial charge in [0.2, 0.25) is 0 Å². The van der Waals surface area contributed by atoms with Crippen molar-refractivity contribution in [1.29, 1.82) is 0 Å². The van der Waals surface area contributed by atoms with Crippen LogP contribution in [0.25, 0.3) is 0 Å². The van der Waals surface area contributed by atoms with Crippen LogP contribution in [0, 0.1) is 6.92 Å². The third kappa shape index (κ3) is 6.15. The second-order valence-corrected chi connectivity index (χ2v) is 7.43. The summed E-state index contributed by atoms with van der Waals surface area (Å²) in [5.41, 5.74) is 1.20. The van der Waals surface area contributed by atoms with Crippen molar-refractivity contribution in [3.8, 4) is 0 Å². The third-order valence-corrected chi connectivity index (χ3v) is 5.58. The number of aromatic nitrogens is 3. The molecule has 142 valence electrons. The first kappa shape index (κ1) is 21.0. The number of hydrogen-bond donors (Lipinski definition) is 2. The monoisotopic (exact) mass is 486 g/mol. The normalized spacial score (nSPS) is 17.5. The number of aliphatic imine (C=N–C) groups is 1. The molecule has 0 spiro atoms. The Hall–Kier alpha value is -1.29. The average Bonchev–Trinajstić information content (AvgIpc) is 2.97. The van der Waals surface area contributed by atoms with E-state index < -0.39 is 0 Å². The molecule has 0 radical (unpaired) electrons. The highest BCUT2D eigenvalue weighted by molar-refractivity contribution is 14.0. The summed E-state index contributed by atoms with van der Waals surface area (Å²) in [7, 11) is 1.98. The standard InChI is InChI=1S/C18H26N6S.HI/c1-14-22-23-17(24(14)2)12-20-18(21-16-9-6-10-25-13-16)19-11-15-7-4-3-5-8-15;/h3-5,7-8,16H,6,9-13H2,1-2H3,(H2,19,20,21);1H. The van der Waals surface area contributed by atoms with Gasteiger partial charge in [-0.25, -0.2) is 4.99 Å². The van der Waals surface area contributed by atoms with E-state index in [1.54, 1.807) is 0 Å². The first-order chi connectivity index (χ1) is 12.2. The van der Waals surface area contributed by atoms with E-state index in [1.807, 2.05) is 48.5 Å². The third-order valence-electron chi connectivity index (χ3n) is 4.36. The van der Waals surface area contributed by atoms with E-state index in [4.69, 9.17) is 4.99 Å². The van der Waals surface area contributed by atoms with E-state index in [0.29, 0.717) is 19.1 Å². The Labute approximate surface area is 176 Å². The largest absolute Gasteiger partial charge is 0.353 e. The Kier molecular flexibility index (Phi) is 8.70. The number of aryl methyl sites for hydroxylation is 1. The lowest BCUT2D eigenvalue weighted by Gasteiger charge is -2.24. The first-order valence-electron chi connectivity index (χ1n) is 8.74. The van der Waals surface area contributed by atoms with Crippen LogP contribution in [-0.4, -0.2) is 38.3 Å². The van der Waals surface area contributed by atoms with Crippen molar-refractivity contribution in [3.63, 3.8) is 0 Å². The van der Waals surface area contributed by atoms with Crippen LogP contribution in [0.3, 0.4) is 0 Å². The molecule has 2 heterocycles. The van der Waals surface area contributed by atoms with Gasteiger partial charge in [0, 0.05) is 18.8 Å². The molecular formula is C18H27IN6S. The van der Waals surface area contributed by atoms with Gasteiger partial charge < -0.3 is 15.2 Å². The molecule has 1 unspecified atom stereocenters. The summed E-state index contributed by atoms with van der Waals surface area (Å²) in [6, 6.07) is 10.8. The van der Waals surface area contributed by atoms with E-state index in [9.17, 15) is 0 Å². The Bertz CT molecular complexity index is 697. The van der Waals surface area contributed by atoms with Crippen molar-refractivity contribution >= 4 is 41.7 Å². The molecule has 8 heteroatoms. The summed E-state index contributed by atoms with van der Waals surface area (Å²) in [6.07, 6.45) is 2.46. The Morgan fingerprint density at radius 2 is 2.12 bits per heavy atom. The van der Waals surface area contributed by atoms with Gasteiger partial charge in [-0.3, -0.25) is 0 Å². The average molecular weight is 486 g/mol. The molecule has 6 nitrogen and oxygen atoms in total. The minimum Gasteiger partial charge on any atom is -0.353 e. The highest BCUT2D eigenvalue weighted by Crippen LogP contribution is 2.16. The number of nitrogens with one attached hydrogen (secondary N) is 2. The lowest BCUT2D eigenvalue weighted by atomic mass is 10.2. The first-order valence-corrected chi connectivity index (χ1v) is 9.89. The molecule has 1 aliphatic rings. The second-order valence-electron chi connectivity index (χ2n) is 6.28. The zero-order chi connectivity index (χ0) is 17.5. The fraction of sp³-hybridized carbons (Fsp3) is 0.500. The lowest BCUT2D eigenvalue weighted by Crippen LogP contribution is -2.45. The van der Waals surface area contributed by atoms with Crippen LogP contribution in [-0.2, 0) is 20.1 Å². The predicted molar refractivity (Wildman–Crippen MR) is 119 cm³/mol. The molecule has 0 aliphatic carbocycles. The van der Waals surface area contributed by atoms with E-state index in [0.717, 1.165) is 23.4 Å². The fourth-order valence-corrected chi connectivity index (χ4v) is 3.79. The van der Waals surface area contributed by atoms with Gasteiger partial charge in [-0.05, 0) is 31.1 Å². The van der Waals surface area contributed by atoms with Gasteiger partial charge >= 0.3 is 0 Å². The van der Waals surface area contributed by atoms with Gasteiger partial charge in [0.05, 0.1) is 13.1 Å². The van der Waals surface area contributed by atoms with Crippen molar-refractivity contribution in [2.75, 3.05) is 11.5 Å². The van der Waals surface area contributed by atoms with Crippen molar-refractivity contribution in [2.45, 2.75) is 38.9 Å². The predicted octanol–water partition coefficient (Wildman–Crippen LogP) is 2.87. The van der Waals surface area contributed by atoms with Crippen LogP contribution in [0.2, 0.25) is 0 Å². The molecule has 0 saturated carbocycles. The topological polar surface area (TPSA) is 67.1 Å². The number of thioether (sulfide) groups is 1. The summed E-state index contributed by atoms with van der Waals surface area (Å²) in [5.74, 6) is 5.06. The highest BCUT2D eigenvalue weighted by Gasteiger charge is 2.15. The van der Waals surface area contributed by atoms with E-state index in [2.05, 4.69) is 33.0 Å². The van der Waals surface area contributed by atoms with Crippen LogP contribution in [0.5, 0.6) is 0 Å². The maximum atomic E-state index is 4.77. The van der Waals surface area contributed by atoms with Gasteiger partial charge in [0.1, 0.15) is 5.82 Å². The molecule has 26 heavy (non-hydrogen) atoms. The fourth-order valence-electron chi connectivity index (χ4n) is 2.72. The van der Waals surface area contributed by atoms with Crippen LogP contribution < -0.4 is 10.6 Å². The van der Waals surface area contributed by atoms with Crippen molar-refractivity contribution < 1.29 is 0 Å². The number of benzene rings is 1. The molecule has 0 bridgehead atoms. The summed E-state index contributed by atoms with van der Waals surface area (Å²) >= 11 is 2.01.